The van der Waals surface area contributed by atoms with Crippen molar-refractivity contribution in [3.05, 3.63) is 16.1 Å². The van der Waals surface area contributed by atoms with E-state index >= 15 is 0 Å². The number of rotatable bonds is 6. The lowest BCUT2D eigenvalue weighted by molar-refractivity contribution is -0.121. The molecular weight excluding hydrogens is 382 g/mol. The summed E-state index contributed by atoms with van der Waals surface area (Å²) in [7, 11) is 0. The third kappa shape index (κ3) is 4.14. The van der Waals surface area contributed by atoms with Crippen LogP contribution in [0.1, 0.15) is 56.2 Å². The fraction of sp³-hybridized carbons (Fsp3) is 0.556. The molecule has 9 heteroatoms. The molecule has 1 fully saturated rings. The summed E-state index contributed by atoms with van der Waals surface area (Å²) in [5.74, 6) is 0.0205. The standard InChI is InChI=1S/C18H25N5O2S2/c1-4-11(5-2)16-21-12(9-26-16)14-10(3)20-17(27-14)22-18(25)23-8-6-7-13(23)15(19)24/h9,11,13H,4-8H2,1-3H3,(H2,19,24)(H,20,22,25)/t13-/m0/s1. The van der Waals surface area contributed by atoms with Crippen molar-refractivity contribution in [2.45, 2.75) is 58.4 Å². The Labute approximate surface area is 167 Å². The van der Waals surface area contributed by atoms with Gasteiger partial charge in [0, 0.05) is 17.8 Å². The maximum Gasteiger partial charge on any atom is 0.324 e. The Morgan fingerprint density at radius 3 is 2.78 bits per heavy atom. The molecule has 2 aromatic rings. The van der Waals surface area contributed by atoms with Gasteiger partial charge in [-0.1, -0.05) is 25.2 Å². The van der Waals surface area contributed by atoms with Gasteiger partial charge in [0.1, 0.15) is 6.04 Å². The van der Waals surface area contributed by atoms with Gasteiger partial charge < -0.3 is 10.6 Å². The summed E-state index contributed by atoms with van der Waals surface area (Å²) >= 11 is 3.09. The van der Waals surface area contributed by atoms with Gasteiger partial charge in [-0.3, -0.25) is 10.1 Å². The lowest BCUT2D eigenvalue weighted by atomic mass is 10.1. The molecule has 0 radical (unpaired) electrons. The molecule has 0 spiro atoms. The molecule has 3 amide bonds. The smallest absolute Gasteiger partial charge is 0.324 e. The highest BCUT2D eigenvalue weighted by molar-refractivity contribution is 7.19. The van der Waals surface area contributed by atoms with E-state index in [0.717, 1.165) is 40.5 Å². The largest absolute Gasteiger partial charge is 0.368 e. The summed E-state index contributed by atoms with van der Waals surface area (Å²) < 4.78 is 0. The number of carbonyl (C=O) groups is 2. The van der Waals surface area contributed by atoms with Gasteiger partial charge in [0.15, 0.2) is 5.13 Å². The van der Waals surface area contributed by atoms with E-state index < -0.39 is 11.9 Å². The Morgan fingerprint density at radius 1 is 1.37 bits per heavy atom. The Kier molecular flexibility index (Phi) is 6.11. The molecule has 2 aromatic heterocycles. The van der Waals surface area contributed by atoms with Crippen molar-refractivity contribution in [3.8, 4) is 10.6 Å². The number of urea groups is 1. The minimum atomic E-state index is -0.536. The van der Waals surface area contributed by atoms with E-state index in [2.05, 4.69) is 29.5 Å². The number of primary amides is 1. The first-order valence-electron chi connectivity index (χ1n) is 9.24. The first kappa shape index (κ1) is 19.8. The number of nitrogens with two attached hydrogens (primary N) is 1. The maximum atomic E-state index is 12.5. The van der Waals surface area contributed by atoms with E-state index in [0.29, 0.717) is 24.0 Å². The number of nitrogens with zero attached hydrogens (tertiary/aromatic N) is 3. The number of aryl methyl sites for hydroxylation is 1. The van der Waals surface area contributed by atoms with Crippen molar-refractivity contribution in [1.82, 2.24) is 14.9 Å². The average Bonchev–Trinajstić information content (AvgIpc) is 3.35. The van der Waals surface area contributed by atoms with Gasteiger partial charge in [0.25, 0.3) is 0 Å². The minimum absolute atomic E-state index is 0.326. The number of hydrogen-bond donors (Lipinski definition) is 2. The lowest BCUT2D eigenvalue weighted by Crippen LogP contribution is -2.45. The summed E-state index contributed by atoms with van der Waals surface area (Å²) in [6.07, 6.45) is 3.54. The quantitative estimate of drug-likeness (QED) is 0.757. The topological polar surface area (TPSA) is 101 Å². The van der Waals surface area contributed by atoms with E-state index in [4.69, 9.17) is 10.7 Å². The van der Waals surface area contributed by atoms with Gasteiger partial charge in [0.05, 0.1) is 21.3 Å². The molecule has 3 heterocycles. The van der Waals surface area contributed by atoms with E-state index in [-0.39, 0.29) is 6.03 Å². The summed E-state index contributed by atoms with van der Waals surface area (Å²) in [5.41, 5.74) is 7.14. The molecule has 0 aliphatic carbocycles. The highest BCUT2D eigenvalue weighted by atomic mass is 32.1. The zero-order chi connectivity index (χ0) is 19.6. The summed E-state index contributed by atoms with van der Waals surface area (Å²) in [6.45, 7) is 6.80. The van der Waals surface area contributed by atoms with Crippen LogP contribution in [-0.4, -0.2) is 39.4 Å². The minimum Gasteiger partial charge on any atom is -0.368 e. The Bertz CT molecular complexity index is 828. The molecule has 3 N–H and O–H groups in total. The Hall–Kier alpha value is -2.00. The lowest BCUT2D eigenvalue weighted by Gasteiger charge is -2.21. The third-order valence-corrected chi connectivity index (χ3v) is 7.04. The van der Waals surface area contributed by atoms with Gasteiger partial charge >= 0.3 is 6.03 Å². The molecule has 0 unspecified atom stereocenters. The van der Waals surface area contributed by atoms with Crippen molar-refractivity contribution in [2.75, 3.05) is 11.9 Å². The number of carbonyl (C=O) groups excluding carboxylic acids is 2. The number of hydrogen-bond acceptors (Lipinski definition) is 6. The van der Waals surface area contributed by atoms with Gasteiger partial charge in [-0.2, -0.15) is 0 Å². The van der Waals surface area contributed by atoms with Crippen LogP contribution in [-0.2, 0) is 4.79 Å². The Balaban J connectivity index is 1.75. The van der Waals surface area contributed by atoms with Crippen LogP contribution in [0.2, 0.25) is 0 Å². The van der Waals surface area contributed by atoms with E-state index in [1.165, 1.54) is 16.2 Å². The van der Waals surface area contributed by atoms with Crippen molar-refractivity contribution in [1.29, 1.82) is 0 Å². The molecule has 27 heavy (non-hydrogen) atoms. The van der Waals surface area contributed by atoms with Gasteiger partial charge in [-0.05, 0) is 32.6 Å². The molecule has 0 bridgehead atoms. The predicted molar refractivity (Wildman–Crippen MR) is 109 cm³/mol. The molecule has 0 saturated carbocycles. The first-order valence-corrected chi connectivity index (χ1v) is 10.9. The zero-order valence-electron chi connectivity index (χ0n) is 15.8. The molecular formula is C18H25N5O2S2. The zero-order valence-corrected chi connectivity index (χ0v) is 17.5. The van der Waals surface area contributed by atoms with Gasteiger partial charge in [-0.25, -0.2) is 14.8 Å². The van der Waals surface area contributed by atoms with E-state index in [1.54, 1.807) is 11.3 Å². The summed E-state index contributed by atoms with van der Waals surface area (Å²) in [6, 6.07) is -0.862. The fourth-order valence-corrected chi connectivity index (χ4v) is 5.44. The maximum absolute atomic E-state index is 12.5. The monoisotopic (exact) mass is 407 g/mol. The second-order valence-electron chi connectivity index (χ2n) is 6.70. The summed E-state index contributed by atoms with van der Waals surface area (Å²) in [4.78, 5) is 35.7. The highest BCUT2D eigenvalue weighted by Gasteiger charge is 2.33. The van der Waals surface area contributed by atoms with Crippen LogP contribution < -0.4 is 11.1 Å². The van der Waals surface area contributed by atoms with Crippen LogP contribution >= 0.6 is 22.7 Å². The average molecular weight is 408 g/mol. The van der Waals surface area contributed by atoms with Crippen LogP contribution in [0.5, 0.6) is 0 Å². The van der Waals surface area contributed by atoms with Gasteiger partial charge in [-0.15, -0.1) is 11.3 Å². The number of thiazole rings is 2. The predicted octanol–water partition coefficient (Wildman–Crippen LogP) is 3.96. The molecule has 146 valence electrons. The number of nitrogens with one attached hydrogen (secondary N) is 1. The number of anilines is 1. The number of likely N-dealkylation sites (tertiary alicyclic amines) is 1. The van der Waals surface area contributed by atoms with Crippen LogP contribution in [0.4, 0.5) is 9.93 Å². The normalized spacial score (nSPS) is 16.9. The molecule has 1 atom stereocenters. The fourth-order valence-electron chi connectivity index (χ4n) is 3.37. The molecule has 7 nitrogen and oxygen atoms in total. The molecule has 3 rings (SSSR count). The molecule has 1 saturated heterocycles. The van der Waals surface area contributed by atoms with E-state index in [1.807, 2.05) is 6.92 Å². The number of aromatic nitrogens is 2. The van der Waals surface area contributed by atoms with Gasteiger partial charge in [0.2, 0.25) is 5.91 Å². The molecule has 1 aliphatic heterocycles. The van der Waals surface area contributed by atoms with Crippen LogP contribution in [0.3, 0.4) is 0 Å². The third-order valence-electron chi connectivity index (χ3n) is 4.94. The molecule has 0 aromatic carbocycles. The van der Waals surface area contributed by atoms with E-state index in [9.17, 15) is 9.59 Å². The van der Waals surface area contributed by atoms with Crippen LogP contribution in [0, 0.1) is 6.92 Å². The van der Waals surface area contributed by atoms with Crippen molar-refractivity contribution in [2.24, 2.45) is 5.73 Å². The second-order valence-corrected chi connectivity index (χ2v) is 8.59. The van der Waals surface area contributed by atoms with Crippen molar-refractivity contribution >= 4 is 39.7 Å². The van der Waals surface area contributed by atoms with Crippen molar-refractivity contribution in [3.63, 3.8) is 0 Å². The molecule has 1 aliphatic rings. The number of amides is 3. The SMILES string of the molecule is CCC(CC)c1nc(-c2sc(NC(=O)N3CCC[C@H]3C(N)=O)nc2C)cs1. The summed E-state index contributed by atoms with van der Waals surface area (Å²) in [5, 5.41) is 6.53. The highest BCUT2D eigenvalue weighted by Crippen LogP contribution is 2.36. The second kappa shape index (κ2) is 8.35. The van der Waals surface area contributed by atoms with Crippen molar-refractivity contribution < 1.29 is 9.59 Å². The van der Waals surface area contributed by atoms with Crippen LogP contribution in [0.25, 0.3) is 10.6 Å². The first-order chi connectivity index (χ1) is 12.9. The van der Waals surface area contributed by atoms with Crippen LogP contribution in [0.15, 0.2) is 5.38 Å². The Morgan fingerprint density at radius 2 is 2.11 bits per heavy atom.